The number of carboxylic acids is 1. The van der Waals surface area contributed by atoms with Gasteiger partial charge in [0.15, 0.2) is 11.6 Å². The molecule has 0 bridgehead atoms. The Morgan fingerprint density at radius 1 is 1.13 bits per heavy atom. The quantitative estimate of drug-likeness (QED) is 0.656. The first-order valence-electron chi connectivity index (χ1n) is 10.3. The zero-order chi connectivity index (χ0) is 22.2. The lowest BCUT2D eigenvalue weighted by Gasteiger charge is -2.23. The predicted octanol–water partition coefficient (Wildman–Crippen LogP) is 4.95. The van der Waals surface area contributed by atoms with Gasteiger partial charge >= 0.3 is 11.9 Å². The number of fused-ring (bicyclic) bond motifs is 2. The molecule has 164 valence electrons. The minimum atomic E-state index is -3.41. The third-order valence-corrected chi connectivity index (χ3v) is 6.31. The van der Waals surface area contributed by atoms with E-state index in [1.807, 2.05) is 0 Å². The number of carboxylic acid groups (broad SMARTS) is 1. The first-order chi connectivity index (χ1) is 14.8. The summed E-state index contributed by atoms with van der Waals surface area (Å²) in [5.41, 5.74) is -0.0809. The fourth-order valence-corrected chi connectivity index (χ4v) is 4.60. The molecule has 1 unspecified atom stereocenters. The molecule has 31 heavy (non-hydrogen) atoms. The number of benzene rings is 2. The highest BCUT2D eigenvalue weighted by atomic mass is 19.3. The summed E-state index contributed by atoms with van der Waals surface area (Å²) in [5.74, 6) is -5.79. The van der Waals surface area contributed by atoms with E-state index in [0.717, 1.165) is 6.08 Å². The summed E-state index contributed by atoms with van der Waals surface area (Å²) < 4.78 is 49.6. The zero-order valence-electron chi connectivity index (χ0n) is 16.7. The molecule has 7 heteroatoms. The van der Waals surface area contributed by atoms with Crippen molar-refractivity contribution in [3.05, 3.63) is 77.1 Å². The molecule has 1 saturated carbocycles. The van der Waals surface area contributed by atoms with Crippen LogP contribution in [0.5, 0.6) is 5.75 Å². The molecule has 4 rings (SSSR count). The summed E-state index contributed by atoms with van der Waals surface area (Å²) in [5, 5.41) is 19.3. The third kappa shape index (κ3) is 4.06. The molecule has 2 N–H and O–H groups in total. The van der Waals surface area contributed by atoms with E-state index in [9.17, 15) is 23.1 Å². The van der Waals surface area contributed by atoms with Crippen LogP contribution in [-0.2, 0) is 12.3 Å². The monoisotopic (exact) mass is 432 g/mol. The fraction of sp³-hybridized carbons (Fsp3) is 0.375. The van der Waals surface area contributed by atoms with Crippen LogP contribution in [0, 0.1) is 17.7 Å². The van der Waals surface area contributed by atoms with E-state index in [-0.39, 0.29) is 29.3 Å². The van der Waals surface area contributed by atoms with Gasteiger partial charge in [0, 0.05) is 11.5 Å². The van der Waals surface area contributed by atoms with Crippen molar-refractivity contribution in [1.29, 1.82) is 0 Å². The Balaban J connectivity index is 1.50. The Morgan fingerprint density at radius 2 is 1.87 bits per heavy atom. The van der Waals surface area contributed by atoms with E-state index in [1.165, 1.54) is 30.3 Å². The standard InChI is InChI=1S/C24H23F3O4/c25-21-18(23(29)30)11-7-15-6-10-17-14(8-12-19(17)31-22(15)21)9-13-20(28)24(26,27)16-4-2-1-3-5-16/h1-5,7,9,11,13-14,17,19-20,28H,6,8,10,12H2,(H,29,30)/b13-9+/t14-,17-,19+,20?/m1/s1. The second-order valence-electron chi connectivity index (χ2n) is 8.14. The molecule has 2 aromatic rings. The number of aromatic carboxylic acids is 1. The fourth-order valence-electron chi connectivity index (χ4n) is 4.60. The van der Waals surface area contributed by atoms with Gasteiger partial charge in [-0.2, -0.15) is 8.78 Å². The molecule has 0 aromatic heterocycles. The van der Waals surface area contributed by atoms with Gasteiger partial charge in [0.25, 0.3) is 0 Å². The van der Waals surface area contributed by atoms with E-state index in [2.05, 4.69) is 0 Å². The summed E-state index contributed by atoms with van der Waals surface area (Å²) in [7, 11) is 0. The third-order valence-electron chi connectivity index (χ3n) is 6.31. The lowest BCUT2D eigenvalue weighted by molar-refractivity contribution is -0.0929. The van der Waals surface area contributed by atoms with Crippen LogP contribution in [0.2, 0.25) is 0 Å². The van der Waals surface area contributed by atoms with E-state index >= 15 is 0 Å². The molecule has 1 aliphatic carbocycles. The topological polar surface area (TPSA) is 66.8 Å². The van der Waals surface area contributed by atoms with Gasteiger partial charge in [0.05, 0.1) is 5.56 Å². The van der Waals surface area contributed by atoms with Crippen LogP contribution < -0.4 is 4.74 Å². The van der Waals surface area contributed by atoms with Crippen molar-refractivity contribution in [2.45, 2.75) is 43.8 Å². The number of aliphatic hydroxyl groups excluding tert-OH is 1. The number of aliphatic hydroxyl groups is 1. The maximum atomic E-state index is 14.7. The van der Waals surface area contributed by atoms with Crippen LogP contribution >= 0.6 is 0 Å². The van der Waals surface area contributed by atoms with Crippen molar-refractivity contribution >= 4 is 5.97 Å². The Morgan fingerprint density at radius 3 is 2.58 bits per heavy atom. The lowest BCUT2D eigenvalue weighted by atomic mass is 9.88. The van der Waals surface area contributed by atoms with Gasteiger partial charge in [-0.3, -0.25) is 0 Å². The molecule has 1 heterocycles. The van der Waals surface area contributed by atoms with Crippen molar-refractivity contribution < 1.29 is 32.9 Å². The van der Waals surface area contributed by atoms with E-state index in [0.29, 0.717) is 31.2 Å². The summed E-state index contributed by atoms with van der Waals surface area (Å²) in [4.78, 5) is 11.2. The molecule has 0 radical (unpaired) electrons. The number of aryl methyl sites for hydroxylation is 1. The SMILES string of the molecule is O=C(O)c1ccc2c(c1F)O[C@H]1CC[C@H](/C=C/C(O)C(F)(F)c3ccccc3)[C@H]1CC2. The highest BCUT2D eigenvalue weighted by Crippen LogP contribution is 2.44. The summed E-state index contributed by atoms with van der Waals surface area (Å²) in [6, 6.07) is 9.98. The minimum Gasteiger partial charge on any atom is -0.487 e. The van der Waals surface area contributed by atoms with Gasteiger partial charge in [0.1, 0.15) is 12.2 Å². The van der Waals surface area contributed by atoms with Gasteiger partial charge in [-0.25, -0.2) is 9.18 Å². The van der Waals surface area contributed by atoms with Crippen LogP contribution in [-0.4, -0.2) is 28.4 Å². The van der Waals surface area contributed by atoms with Crippen LogP contribution in [0.15, 0.2) is 54.6 Å². The molecule has 4 nitrogen and oxygen atoms in total. The normalized spacial score (nSPS) is 24.2. The largest absolute Gasteiger partial charge is 0.487 e. The van der Waals surface area contributed by atoms with Crippen LogP contribution in [0.4, 0.5) is 13.2 Å². The van der Waals surface area contributed by atoms with Crippen molar-refractivity contribution in [1.82, 2.24) is 0 Å². The van der Waals surface area contributed by atoms with Crippen molar-refractivity contribution in [3.63, 3.8) is 0 Å². The first-order valence-corrected chi connectivity index (χ1v) is 10.3. The van der Waals surface area contributed by atoms with Crippen LogP contribution in [0.3, 0.4) is 0 Å². The molecule has 2 aromatic carbocycles. The highest BCUT2D eigenvalue weighted by molar-refractivity contribution is 5.88. The average molecular weight is 432 g/mol. The van der Waals surface area contributed by atoms with Gasteiger partial charge in [-0.15, -0.1) is 0 Å². The highest BCUT2D eigenvalue weighted by Gasteiger charge is 2.41. The zero-order valence-corrected chi connectivity index (χ0v) is 16.7. The van der Waals surface area contributed by atoms with Gasteiger partial charge < -0.3 is 14.9 Å². The van der Waals surface area contributed by atoms with E-state index in [4.69, 9.17) is 9.84 Å². The Kier molecular flexibility index (Phi) is 5.79. The van der Waals surface area contributed by atoms with Gasteiger partial charge in [0.2, 0.25) is 0 Å². The number of hydrogen-bond acceptors (Lipinski definition) is 3. The average Bonchev–Trinajstić information content (AvgIpc) is 3.03. The molecule has 2 aliphatic rings. The lowest BCUT2D eigenvalue weighted by Crippen LogP contribution is -2.29. The number of allylic oxidation sites excluding steroid dienone is 1. The molecule has 0 spiro atoms. The number of carbonyl (C=O) groups is 1. The molecule has 0 saturated heterocycles. The van der Waals surface area contributed by atoms with E-state index in [1.54, 1.807) is 18.2 Å². The number of ether oxygens (including phenoxy) is 1. The number of hydrogen-bond donors (Lipinski definition) is 2. The van der Waals surface area contributed by atoms with E-state index < -0.39 is 29.4 Å². The minimum absolute atomic E-state index is 0.0207. The molecule has 4 atom stereocenters. The Hall–Kier alpha value is -2.80. The van der Waals surface area contributed by atoms with Crippen molar-refractivity contribution in [3.8, 4) is 5.75 Å². The molecule has 1 aliphatic heterocycles. The maximum absolute atomic E-state index is 14.7. The first kappa shape index (κ1) is 21.4. The van der Waals surface area contributed by atoms with Crippen molar-refractivity contribution in [2.75, 3.05) is 0 Å². The maximum Gasteiger partial charge on any atom is 0.338 e. The molecule has 0 amide bonds. The molecule has 1 fully saturated rings. The van der Waals surface area contributed by atoms with Gasteiger partial charge in [-0.1, -0.05) is 48.6 Å². The molecular formula is C24H23F3O4. The summed E-state index contributed by atoms with van der Waals surface area (Å²) in [6.07, 6.45) is 2.87. The second-order valence-corrected chi connectivity index (χ2v) is 8.14. The summed E-state index contributed by atoms with van der Waals surface area (Å²) >= 11 is 0. The number of halogens is 3. The Bertz CT molecular complexity index is 990. The van der Waals surface area contributed by atoms with Gasteiger partial charge in [-0.05, 0) is 43.2 Å². The predicted molar refractivity (Wildman–Crippen MR) is 108 cm³/mol. The second kappa shape index (κ2) is 8.38. The summed E-state index contributed by atoms with van der Waals surface area (Å²) in [6.45, 7) is 0. The number of alkyl halides is 2. The van der Waals surface area contributed by atoms with Crippen molar-refractivity contribution in [2.24, 2.45) is 11.8 Å². The van der Waals surface area contributed by atoms with Crippen LogP contribution in [0.1, 0.15) is 40.7 Å². The number of rotatable bonds is 5. The van der Waals surface area contributed by atoms with Crippen LogP contribution in [0.25, 0.3) is 0 Å². The smallest absolute Gasteiger partial charge is 0.338 e. The molecular weight excluding hydrogens is 409 g/mol. The Labute approximate surface area is 178 Å².